The van der Waals surface area contributed by atoms with Crippen molar-refractivity contribution in [1.29, 1.82) is 0 Å². The van der Waals surface area contributed by atoms with Gasteiger partial charge in [-0.1, -0.05) is 30.3 Å². The molecule has 2 fully saturated rings. The molecule has 1 amide bonds. The van der Waals surface area contributed by atoms with Crippen LogP contribution >= 0.6 is 0 Å². The minimum Gasteiger partial charge on any atom is -0.334 e. The van der Waals surface area contributed by atoms with Crippen molar-refractivity contribution in [3.05, 3.63) is 53.9 Å². The van der Waals surface area contributed by atoms with Crippen LogP contribution in [0.1, 0.15) is 28.8 Å². The summed E-state index contributed by atoms with van der Waals surface area (Å²) in [4.78, 5) is 17.4. The summed E-state index contributed by atoms with van der Waals surface area (Å²) in [5.41, 5.74) is 2.10. The van der Waals surface area contributed by atoms with Crippen LogP contribution in [0.15, 0.2) is 42.7 Å². The van der Waals surface area contributed by atoms with E-state index < -0.39 is 0 Å². The molecule has 0 radical (unpaired) electrons. The summed E-state index contributed by atoms with van der Waals surface area (Å²) in [5, 5.41) is 4.13. The molecular formula is C19H24N4O. The van der Waals surface area contributed by atoms with Gasteiger partial charge in [-0.15, -0.1) is 0 Å². The zero-order valence-electron chi connectivity index (χ0n) is 14.1. The van der Waals surface area contributed by atoms with E-state index in [-0.39, 0.29) is 5.91 Å². The van der Waals surface area contributed by atoms with Crippen molar-refractivity contribution in [2.45, 2.75) is 31.3 Å². The number of aryl methyl sites for hydroxylation is 1. The highest BCUT2D eigenvalue weighted by molar-refractivity contribution is 5.94. The lowest BCUT2D eigenvalue weighted by Gasteiger charge is -2.25. The second kappa shape index (κ2) is 6.40. The molecule has 0 bridgehead atoms. The van der Waals surface area contributed by atoms with Crippen LogP contribution in [0.2, 0.25) is 0 Å². The van der Waals surface area contributed by atoms with Crippen molar-refractivity contribution in [2.75, 3.05) is 19.6 Å². The first-order valence-electron chi connectivity index (χ1n) is 8.80. The number of aromatic nitrogens is 2. The number of fused-ring (bicyclic) bond motifs is 1. The van der Waals surface area contributed by atoms with E-state index in [9.17, 15) is 4.79 Å². The Balaban J connectivity index is 1.39. The Morgan fingerprint density at radius 3 is 2.71 bits per heavy atom. The van der Waals surface area contributed by atoms with Gasteiger partial charge in [0.05, 0.1) is 11.8 Å². The highest BCUT2D eigenvalue weighted by Crippen LogP contribution is 2.32. The predicted molar refractivity (Wildman–Crippen MR) is 92.8 cm³/mol. The van der Waals surface area contributed by atoms with Crippen molar-refractivity contribution >= 4 is 5.91 Å². The van der Waals surface area contributed by atoms with Gasteiger partial charge in [-0.25, -0.2) is 0 Å². The molecule has 2 aliphatic rings. The first-order valence-corrected chi connectivity index (χ1v) is 8.80. The van der Waals surface area contributed by atoms with E-state index in [0.717, 1.165) is 38.9 Å². The van der Waals surface area contributed by atoms with Crippen LogP contribution in [0.25, 0.3) is 0 Å². The molecule has 0 saturated carbocycles. The number of carbonyl (C=O) groups is 1. The van der Waals surface area contributed by atoms with Crippen LogP contribution in [0.3, 0.4) is 0 Å². The van der Waals surface area contributed by atoms with Gasteiger partial charge >= 0.3 is 0 Å². The first kappa shape index (κ1) is 15.4. The van der Waals surface area contributed by atoms with Crippen molar-refractivity contribution in [3.63, 3.8) is 0 Å². The Bertz CT molecular complexity index is 711. The van der Waals surface area contributed by atoms with Crippen LogP contribution in [-0.2, 0) is 13.5 Å². The second-order valence-electron chi connectivity index (χ2n) is 6.88. The number of hydrogen-bond acceptors (Lipinski definition) is 3. The third-order valence-electron chi connectivity index (χ3n) is 5.43. The Kier molecular flexibility index (Phi) is 4.10. The Morgan fingerprint density at radius 2 is 1.96 bits per heavy atom. The van der Waals surface area contributed by atoms with Crippen LogP contribution in [-0.4, -0.2) is 57.2 Å². The maximum absolute atomic E-state index is 12.7. The molecule has 4 rings (SSSR count). The molecule has 0 spiro atoms. The summed E-state index contributed by atoms with van der Waals surface area (Å²) in [6.45, 7) is 3.05. The highest BCUT2D eigenvalue weighted by atomic mass is 16.2. The van der Waals surface area contributed by atoms with Crippen LogP contribution in [0.5, 0.6) is 0 Å². The van der Waals surface area contributed by atoms with Gasteiger partial charge in [0.25, 0.3) is 5.91 Å². The Hall–Kier alpha value is -2.14. The summed E-state index contributed by atoms with van der Waals surface area (Å²) in [6, 6.07) is 11.6. The largest absolute Gasteiger partial charge is 0.334 e. The van der Waals surface area contributed by atoms with E-state index in [0.29, 0.717) is 17.6 Å². The molecule has 2 saturated heterocycles. The molecule has 126 valence electrons. The number of benzene rings is 1. The maximum Gasteiger partial charge on any atom is 0.257 e. The zero-order chi connectivity index (χ0) is 16.5. The van der Waals surface area contributed by atoms with Gasteiger partial charge in [0.1, 0.15) is 0 Å². The first-order chi connectivity index (χ1) is 11.7. The molecule has 0 unspecified atom stereocenters. The van der Waals surface area contributed by atoms with Gasteiger partial charge in [-0.05, 0) is 24.8 Å². The molecule has 2 atom stereocenters. The van der Waals surface area contributed by atoms with Gasteiger partial charge in [0.2, 0.25) is 0 Å². The van der Waals surface area contributed by atoms with E-state index in [1.807, 2.05) is 13.2 Å². The summed E-state index contributed by atoms with van der Waals surface area (Å²) in [6.07, 6.45) is 6.76. The molecule has 5 heteroatoms. The summed E-state index contributed by atoms with van der Waals surface area (Å²) in [5.74, 6) is 0.139. The lowest BCUT2D eigenvalue weighted by atomic mass is 10.1. The Labute approximate surface area is 142 Å². The molecule has 0 aliphatic carbocycles. The van der Waals surface area contributed by atoms with E-state index in [1.165, 1.54) is 5.56 Å². The standard InChI is InChI=1S/C19H24N4O/c1-21-14-16(13-20-21)19(24)23-12-9-17-18(23)8-11-22(17)10-7-15-5-3-2-4-6-15/h2-6,13-14,17-18H,7-12H2,1H3/t17-,18-/m1/s1. The molecule has 2 aliphatic heterocycles. The summed E-state index contributed by atoms with van der Waals surface area (Å²) >= 11 is 0. The number of carbonyl (C=O) groups excluding carboxylic acids is 1. The van der Waals surface area contributed by atoms with E-state index >= 15 is 0 Å². The minimum absolute atomic E-state index is 0.139. The van der Waals surface area contributed by atoms with Crippen molar-refractivity contribution in [3.8, 4) is 0 Å². The van der Waals surface area contributed by atoms with Crippen molar-refractivity contribution in [2.24, 2.45) is 7.05 Å². The van der Waals surface area contributed by atoms with E-state index in [2.05, 4.69) is 45.2 Å². The second-order valence-corrected chi connectivity index (χ2v) is 6.88. The fourth-order valence-corrected chi connectivity index (χ4v) is 4.22. The summed E-state index contributed by atoms with van der Waals surface area (Å²) in [7, 11) is 1.85. The summed E-state index contributed by atoms with van der Waals surface area (Å²) < 4.78 is 1.70. The van der Waals surface area contributed by atoms with Gasteiger partial charge < -0.3 is 4.90 Å². The average Bonchev–Trinajstić information content (AvgIpc) is 3.30. The normalized spacial score (nSPS) is 23.6. The lowest BCUT2D eigenvalue weighted by molar-refractivity contribution is 0.0732. The fourth-order valence-electron chi connectivity index (χ4n) is 4.22. The van der Waals surface area contributed by atoms with Crippen LogP contribution in [0, 0.1) is 0 Å². The monoisotopic (exact) mass is 324 g/mol. The highest BCUT2D eigenvalue weighted by Gasteiger charge is 2.44. The number of likely N-dealkylation sites (tertiary alicyclic amines) is 2. The van der Waals surface area contributed by atoms with Gasteiger partial charge in [0, 0.05) is 45.0 Å². The number of amides is 1. The quantitative estimate of drug-likeness (QED) is 0.863. The Morgan fingerprint density at radius 1 is 1.17 bits per heavy atom. The number of rotatable bonds is 4. The van der Waals surface area contributed by atoms with E-state index in [4.69, 9.17) is 0 Å². The minimum atomic E-state index is 0.139. The molecule has 1 aromatic carbocycles. The van der Waals surface area contributed by atoms with Gasteiger partial charge in [0.15, 0.2) is 0 Å². The number of nitrogens with zero attached hydrogens (tertiary/aromatic N) is 4. The third-order valence-corrected chi connectivity index (χ3v) is 5.43. The molecule has 1 aromatic heterocycles. The molecule has 0 N–H and O–H groups in total. The van der Waals surface area contributed by atoms with Crippen LogP contribution in [0.4, 0.5) is 0 Å². The number of hydrogen-bond donors (Lipinski definition) is 0. The third kappa shape index (κ3) is 2.84. The predicted octanol–water partition coefficient (Wildman–Crippen LogP) is 1.95. The lowest BCUT2D eigenvalue weighted by Crippen LogP contribution is -2.40. The van der Waals surface area contributed by atoms with E-state index in [1.54, 1.807) is 10.9 Å². The average molecular weight is 324 g/mol. The van der Waals surface area contributed by atoms with Crippen LogP contribution < -0.4 is 0 Å². The smallest absolute Gasteiger partial charge is 0.257 e. The molecule has 2 aromatic rings. The zero-order valence-corrected chi connectivity index (χ0v) is 14.1. The van der Waals surface area contributed by atoms with Crippen molar-refractivity contribution in [1.82, 2.24) is 19.6 Å². The fraction of sp³-hybridized carbons (Fsp3) is 0.474. The maximum atomic E-state index is 12.7. The molecule has 24 heavy (non-hydrogen) atoms. The van der Waals surface area contributed by atoms with Gasteiger partial charge in [-0.3, -0.25) is 14.4 Å². The molecule has 3 heterocycles. The topological polar surface area (TPSA) is 41.4 Å². The molecule has 5 nitrogen and oxygen atoms in total. The van der Waals surface area contributed by atoms with Gasteiger partial charge in [-0.2, -0.15) is 5.10 Å². The molecular weight excluding hydrogens is 300 g/mol. The SMILES string of the molecule is Cn1cc(C(=O)N2CC[C@@H]3[C@H]2CCN3CCc2ccccc2)cn1. The van der Waals surface area contributed by atoms with Crippen molar-refractivity contribution < 1.29 is 4.79 Å².